The van der Waals surface area contributed by atoms with Crippen LogP contribution in [0.15, 0.2) is 0 Å². The van der Waals surface area contributed by atoms with Crippen LogP contribution in [0.3, 0.4) is 0 Å². The molecule has 0 aromatic heterocycles. The van der Waals surface area contributed by atoms with Crippen LogP contribution < -0.4 is 5.32 Å². The van der Waals surface area contributed by atoms with Gasteiger partial charge in [-0.25, -0.2) is 8.42 Å². The molecule has 0 aromatic carbocycles. The van der Waals surface area contributed by atoms with Crippen LogP contribution in [0, 0.1) is 0 Å². The molecular formula is C13H28N2O2S. The largest absolute Gasteiger partial charge is 0.313 e. The number of sulfonamides is 1. The van der Waals surface area contributed by atoms with Crippen molar-refractivity contribution in [3.8, 4) is 0 Å². The molecule has 0 radical (unpaired) electrons. The molecule has 1 saturated carbocycles. The summed E-state index contributed by atoms with van der Waals surface area (Å²) < 4.78 is 26.3. The summed E-state index contributed by atoms with van der Waals surface area (Å²) in [5.41, 5.74) is 0. The number of rotatable bonds is 10. The summed E-state index contributed by atoms with van der Waals surface area (Å²) in [7, 11) is -3.10. The van der Waals surface area contributed by atoms with Gasteiger partial charge in [-0.2, -0.15) is 4.31 Å². The van der Waals surface area contributed by atoms with Crippen molar-refractivity contribution in [3.05, 3.63) is 0 Å². The molecule has 0 saturated heterocycles. The van der Waals surface area contributed by atoms with Gasteiger partial charge in [0.2, 0.25) is 10.0 Å². The molecule has 1 aliphatic carbocycles. The molecule has 1 rings (SSSR count). The van der Waals surface area contributed by atoms with E-state index in [1.807, 2.05) is 13.8 Å². The van der Waals surface area contributed by atoms with E-state index in [0.29, 0.717) is 19.1 Å². The molecule has 0 spiro atoms. The van der Waals surface area contributed by atoms with E-state index in [0.717, 1.165) is 19.3 Å². The van der Waals surface area contributed by atoms with Crippen molar-refractivity contribution in [1.29, 1.82) is 0 Å². The van der Waals surface area contributed by atoms with Gasteiger partial charge < -0.3 is 5.32 Å². The Morgan fingerprint density at radius 1 is 1.33 bits per heavy atom. The van der Waals surface area contributed by atoms with Gasteiger partial charge in [0.05, 0.1) is 5.75 Å². The van der Waals surface area contributed by atoms with Gasteiger partial charge in [-0.3, -0.25) is 0 Å². The molecule has 1 unspecified atom stereocenters. The maximum absolute atomic E-state index is 12.3. The minimum atomic E-state index is -3.10. The molecule has 108 valence electrons. The van der Waals surface area contributed by atoms with Crippen LogP contribution in [0.25, 0.3) is 0 Å². The monoisotopic (exact) mass is 276 g/mol. The van der Waals surface area contributed by atoms with Gasteiger partial charge in [0, 0.05) is 25.2 Å². The highest BCUT2D eigenvalue weighted by Crippen LogP contribution is 2.18. The van der Waals surface area contributed by atoms with Crippen LogP contribution in [0.4, 0.5) is 0 Å². The SMILES string of the molecule is CCCCN(C(C)CC)S(=O)(=O)CCNC1CC1. The molecule has 4 nitrogen and oxygen atoms in total. The minimum Gasteiger partial charge on any atom is -0.313 e. The first-order chi connectivity index (χ1) is 8.51. The maximum Gasteiger partial charge on any atom is 0.215 e. The lowest BCUT2D eigenvalue weighted by molar-refractivity contribution is 0.324. The van der Waals surface area contributed by atoms with Gasteiger partial charge in [0.1, 0.15) is 0 Å². The van der Waals surface area contributed by atoms with E-state index >= 15 is 0 Å². The lowest BCUT2D eigenvalue weighted by atomic mass is 10.2. The summed E-state index contributed by atoms with van der Waals surface area (Å²) in [5, 5.41) is 3.27. The van der Waals surface area contributed by atoms with E-state index in [9.17, 15) is 8.42 Å². The molecule has 5 heteroatoms. The van der Waals surface area contributed by atoms with Crippen molar-refractivity contribution < 1.29 is 8.42 Å². The average molecular weight is 276 g/mol. The van der Waals surface area contributed by atoms with Gasteiger partial charge in [-0.05, 0) is 32.6 Å². The normalized spacial score (nSPS) is 18.2. The molecular weight excluding hydrogens is 248 g/mol. The summed E-state index contributed by atoms with van der Waals surface area (Å²) >= 11 is 0. The lowest BCUT2D eigenvalue weighted by Gasteiger charge is -2.27. The molecule has 0 bridgehead atoms. The zero-order valence-electron chi connectivity index (χ0n) is 12.0. The molecule has 1 N–H and O–H groups in total. The molecule has 0 amide bonds. The Morgan fingerprint density at radius 2 is 2.00 bits per heavy atom. The molecule has 0 heterocycles. The predicted octanol–water partition coefficient (Wildman–Crippen LogP) is 1.97. The van der Waals surface area contributed by atoms with E-state index in [2.05, 4.69) is 12.2 Å². The van der Waals surface area contributed by atoms with Gasteiger partial charge in [0.15, 0.2) is 0 Å². The molecule has 0 aliphatic heterocycles. The fraction of sp³-hybridized carbons (Fsp3) is 1.00. The van der Waals surface area contributed by atoms with E-state index in [1.165, 1.54) is 12.8 Å². The summed E-state index contributed by atoms with van der Waals surface area (Å²) in [6, 6.07) is 0.690. The first-order valence-electron chi connectivity index (χ1n) is 7.24. The van der Waals surface area contributed by atoms with Crippen LogP contribution in [-0.4, -0.2) is 43.6 Å². The molecule has 1 fully saturated rings. The van der Waals surface area contributed by atoms with Gasteiger partial charge >= 0.3 is 0 Å². The summed E-state index contributed by atoms with van der Waals surface area (Å²) in [6.45, 7) is 7.39. The standard InChI is InChI=1S/C13H28N2O2S/c1-4-6-10-15(12(3)5-2)18(16,17)11-9-14-13-7-8-13/h12-14H,4-11H2,1-3H3. The Bertz CT molecular complexity index is 326. The van der Waals surface area contributed by atoms with Crippen molar-refractivity contribution in [3.63, 3.8) is 0 Å². The second kappa shape index (κ2) is 7.46. The lowest BCUT2D eigenvalue weighted by Crippen LogP contribution is -2.42. The number of hydrogen-bond donors (Lipinski definition) is 1. The van der Waals surface area contributed by atoms with Gasteiger partial charge in [-0.1, -0.05) is 20.3 Å². The van der Waals surface area contributed by atoms with Gasteiger partial charge in [-0.15, -0.1) is 0 Å². The summed E-state index contributed by atoms with van der Waals surface area (Å²) in [6.07, 6.45) is 5.25. The van der Waals surface area contributed by atoms with Crippen molar-refractivity contribution in [2.45, 2.75) is 65.0 Å². The zero-order chi connectivity index (χ0) is 13.6. The Morgan fingerprint density at radius 3 is 2.50 bits per heavy atom. The highest BCUT2D eigenvalue weighted by atomic mass is 32.2. The molecule has 0 aromatic rings. The van der Waals surface area contributed by atoms with E-state index < -0.39 is 10.0 Å². The zero-order valence-corrected chi connectivity index (χ0v) is 12.8. The van der Waals surface area contributed by atoms with E-state index in [4.69, 9.17) is 0 Å². The number of nitrogens with one attached hydrogen (secondary N) is 1. The topological polar surface area (TPSA) is 49.4 Å². The third kappa shape index (κ3) is 5.24. The van der Waals surface area contributed by atoms with Crippen LogP contribution in [0.2, 0.25) is 0 Å². The summed E-state index contributed by atoms with van der Waals surface area (Å²) in [5.74, 6) is 0.234. The molecule has 1 atom stereocenters. The number of hydrogen-bond acceptors (Lipinski definition) is 3. The Labute approximate surface area is 112 Å². The second-order valence-electron chi connectivity index (χ2n) is 5.27. The predicted molar refractivity (Wildman–Crippen MR) is 76.2 cm³/mol. The van der Waals surface area contributed by atoms with Crippen molar-refractivity contribution >= 4 is 10.0 Å². The van der Waals surface area contributed by atoms with Gasteiger partial charge in [0.25, 0.3) is 0 Å². The van der Waals surface area contributed by atoms with E-state index in [1.54, 1.807) is 4.31 Å². The van der Waals surface area contributed by atoms with Crippen LogP contribution in [-0.2, 0) is 10.0 Å². The molecule has 18 heavy (non-hydrogen) atoms. The molecule has 1 aliphatic rings. The Balaban J connectivity index is 2.49. The van der Waals surface area contributed by atoms with Crippen LogP contribution in [0.1, 0.15) is 52.9 Å². The van der Waals surface area contributed by atoms with Crippen molar-refractivity contribution in [1.82, 2.24) is 9.62 Å². The third-order valence-electron chi connectivity index (χ3n) is 3.54. The number of unbranched alkanes of at least 4 members (excludes halogenated alkanes) is 1. The fourth-order valence-corrected chi connectivity index (χ4v) is 3.66. The highest BCUT2D eigenvalue weighted by Gasteiger charge is 2.27. The Kier molecular flexibility index (Phi) is 6.60. The van der Waals surface area contributed by atoms with Crippen molar-refractivity contribution in [2.24, 2.45) is 0 Å². The smallest absolute Gasteiger partial charge is 0.215 e. The van der Waals surface area contributed by atoms with Crippen LogP contribution >= 0.6 is 0 Å². The van der Waals surface area contributed by atoms with Crippen LogP contribution in [0.5, 0.6) is 0 Å². The highest BCUT2D eigenvalue weighted by molar-refractivity contribution is 7.89. The summed E-state index contributed by atoms with van der Waals surface area (Å²) in [4.78, 5) is 0. The minimum absolute atomic E-state index is 0.113. The van der Waals surface area contributed by atoms with E-state index in [-0.39, 0.29) is 11.8 Å². The number of nitrogens with zero attached hydrogens (tertiary/aromatic N) is 1. The maximum atomic E-state index is 12.3. The quantitative estimate of drug-likeness (QED) is 0.663. The second-order valence-corrected chi connectivity index (χ2v) is 7.31. The first kappa shape index (κ1) is 15.9. The first-order valence-corrected chi connectivity index (χ1v) is 8.85. The van der Waals surface area contributed by atoms with Crippen molar-refractivity contribution in [2.75, 3.05) is 18.8 Å². The Hall–Kier alpha value is -0.130. The fourth-order valence-electron chi connectivity index (χ4n) is 1.95. The average Bonchev–Trinajstić information content (AvgIpc) is 3.12. The third-order valence-corrected chi connectivity index (χ3v) is 5.52.